The second kappa shape index (κ2) is 7.71. The van der Waals surface area contributed by atoms with Gasteiger partial charge in [0.25, 0.3) is 0 Å². The molecule has 0 unspecified atom stereocenters. The maximum atomic E-state index is 13.4. The van der Waals surface area contributed by atoms with Crippen LogP contribution in [0.4, 0.5) is 14.5 Å². The van der Waals surface area contributed by atoms with E-state index in [1.807, 2.05) is 6.92 Å². The summed E-state index contributed by atoms with van der Waals surface area (Å²) in [7, 11) is -3.74. The van der Waals surface area contributed by atoms with Gasteiger partial charge in [0.05, 0.1) is 10.6 Å². The summed E-state index contributed by atoms with van der Waals surface area (Å²) in [6, 6.07) is 7.50. The lowest BCUT2D eigenvalue weighted by Gasteiger charge is -2.09. The summed E-state index contributed by atoms with van der Waals surface area (Å²) in [4.78, 5) is 11.9. The first kappa shape index (κ1) is 19.0. The molecule has 0 aliphatic rings. The maximum absolute atomic E-state index is 13.4. The molecule has 1 amide bonds. The van der Waals surface area contributed by atoms with E-state index in [1.165, 1.54) is 6.07 Å². The number of nitrogens with one attached hydrogen (secondary N) is 2. The molecule has 0 aliphatic carbocycles. The standard InChI is InChI=1S/C17H18F2N2O3S/c1-11-3-5-14(9-12(11)2)25(23,24)20-8-7-17(22)21-16-6-4-13(18)10-15(16)19/h3-6,9-10,20H,7-8H2,1-2H3,(H,21,22). The van der Waals surface area contributed by atoms with E-state index in [2.05, 4.69) is 10.0 Å². The Morgan fingerprint density at radius 3 is 2.40 bits per heavy atom. The van der Waals surface area contributed by atoms with E-state index in [1.54, 1.807) is 19.1 Å². The second-order valence-corrected chi connectivity index (χ2v) is 7.33. The normalized spacial score (nSPS) is 11.4. The molecule has 8 heteroatoms. The van der Waals surface area contributed by atoms with E-state index in [0.717, 1.165) is 23.3 Å². The van der Waals surface area contributed by atoms with Crippen LogP contribution in [-0.4, -0.2) is 20.9 Å². The summed E-state index contributed by atoms with van der Waals surface area (Å²) >= 11 is 0. The molecule has 0 saturated carbocycles. The molecule has 2 N–H and O–H groups in total. The van der Waals surface area contributed by atoms with Gasteiger partial charge in [-0.2, -0.15) is 0 Å². The van der Waals surface area contributed by atoms with Crippen LogP contribution >= 0.6 is 0 Å². The highest BCUT2D eigenvalue weighted by Gasteiger charge is 2.15. The fourth-order valence-electron chi connectivity index (χ4n) is 2.07. The van der Waals surface area contributed by atoms with Crippen molar-refractivity contribution in [1.82, 2.24) is 4.72 Å². The molecule has 0 aliphatic heterocycles. The van der Waals surface area contributed by atoms with Gasteiger partial charge in [0, 0.05) is 19.0 Å². The van der Waals surface area contributed by atoms with E-state index >= 15 is 0 Å². The third kappa shape index (κ3) is 5.07. The first-order valence-electron chi connectivity index (χ1n) is 7.51. The molecule has 0 atom stereocenters. The van der Waals surface area contributed by atoms with E-state index in [4.69, 9.17) is 0 Å². The van der Waals surface area contributed by atoms with Crippen molar-refractivity contribution < 1.29 is 22.0 Å². The molecule has 25 heavy (non-hydrogen) atoms. The number of aryl methyl sites for hydroxylation is 2. The zero-order chi connectivity index (χ0) is 18.6. The molecule has 2 aromatic rings. The number of rotatable bonds is 6. The quantitative estimate of drug-likeness (QED) is 0.823. The van der Waals surface area contributed by atoms with Gasteiger partial charge in [-0.3, -0.25) is 4.79 Å². The van der Waals surface area contributed by atoms with Gasteiger partial charge in [0.15, 0.2) is 0 Å². The SMILES string of the molecule is Cc1ccc(S(=O)(=O)NCCC(=O)Nc2ccc(F)cc2F)cc1C. The van der Waals surface area contributed by atoms with E-state index in [-0.39, 0.29) is 23.5 Å². The minimum Gasteiger partial charge on any atom is -0.324 e. The first-order valence-corrected chi connectivity index (χ1v) is 8.99. The number of anilines is 1. The van der Waals surface area contributed by atoms with Crippen LogP contribution in [0.25, 0.3) is 0 Å². The highest BCUT2D eigenvalue weighted by atomic mass is 32.2. The summed E-state index contributed by atoms with van der Waals surface area (Å²) in [6.45, 7) is 3.53. The van der Waals surface area contributed by atoms with Crippen molar-refractivity contribution in [1.29, 1.82) is 0 Å². The molecule has 0 radical (unpaired) electrons. The van der Waals surface area contributed by atoms with Gasteiger partial charge in [-0.15, -0.1) is 0 Å². The van der Waals surface area contributed by atoms with Crippen LogP contribution in [0.5, 0.6) is 0 Å². The Morgan fingerprint density at radius 1 is 1.04 bits per heavy atom. The number of hydrogen-bond donors (Lipinski definition) is 2. The highest BCUT2D eigenvalue weighted by Crippen LogP contribution is 2.16. The van der Waals surface area contributed by atoms with Crippen LogP contribution in [0, 0.1) is 25.5 Å². The molecule has 0 saturated heterocycles. The Bertz CT molecular complexity index is 899. The van der Waals surface area contributed by atoms with Crippen molar-refractivity contribution in [3.63, 3.8) is 0 Å². The Balaban J connectivity index is 1.92. The zero-order valence-electron chi connectivity index (χ0n) is 13.8. The predicted octanol–water partition coefficient (Wildman–Crippen LogP) is 2.89. The number of hydrogen-bond acceptors (Lipinski definition) is 3. The van der Waals surface area contributed by atoms with Crippen LogP contribution in [0.3, 0.4) is 0 Å². The molecule has 0 heterocycles. The number of halogens is 2. The molecular weight excluding hydrogens is 350 g/mol. The third-order valence-electron chi connectivity index (χ3n) is 3.64. The van der Waals surface area contributed by atoms with Crippen LogP contribution in [0.15, 0.2) is 41.3 Å². The summed E-state index contributed by atoms with van der Waals surface area (Å²) in [5, 5.41) is 2.26. The van der Waals surface area contributed by atoms with Gasteiger partial charge in [-0.1, -0.05) is 6.07 Å². The molecule has 0 fully saturated rings. The maximum Gasteiger partial charge on any atom is 0.240 e. The van der Waals surface area contributed by atoms with Gasteiger partial charge < -0.3 is 5.32 Å². The first-order chi connectivity index (χ1) is 11.7. The summed E-state index contributed by atoms with van der Waals surface area (Å²) in [6.07, 6.45) is -0.194. The largest absolute Gasteiger partial charge is 0.324 e. The molecule has 5 nitrogen and oxygen atoms in total. The molecular formula is C17H18F2N2O3S. The molecule has 0 bridgehead atoms. The number of sulfonamides is 1. The number of carbonyl (C=O) groups excluding carboxylic acids is 1. The van der Waals surface area contributed by atoms with Gasteiger partial charge in [0.2, 0.25) is 15.9 Å². The molecule has 2 aromatic carbocycles. The summed E-state index contributed by atoms with van der Waals surface area (Å²) in [5.74, 6) is -2.24. The Morgan fingerprint density at radius 2 is 1.76 bits per heavy atom. The van der Waals surface area contributed by atoms with Gasteiger partial charge >= 0.3 is 0 Å². The lowest BCUT2D eigenvalue weighted by molar-refractivity contribution is -0.116. The molecule has 134 valence electrons. The van der Waals surface area contributed by atoms with Crippen molar-refractivity contribution in [3.8, 4) is 0 Å². The Kier molecular flexibility index (Phi) is 5.86. The lowest BCUT2D eigenvalue weighted by Crippen LogP contribution is -2.28. The molecule has 2 rings (SSSR count). The average Bonchev–Trinajstić information content (AvgIpc) is 2.52. The van der Waals surface area contributed by atoms with Crippen molar-refractivity contribution in [2.75, 3.05) is 11.9 Å². The highest BCUT2D eigenvalue weighted by molar-refractivity contribution is 7.89. The number of amides is 1. The minimum absolute atomic E-state index is 0.112. The minimum atomic E-state index is -3.74. The van der Waals surface area contributed by atoms with Crippen molar-refractivity contribution >= 4 is 21.6 Å². The smallest absolute Gasteiger partial charge is 0.240 e. The monoisotopic (exact) mass is 368 g/mol. The second-order valence-electron chi connectivity index (χ2n) is 5.57. The molecule has 0 spiro atoms. The Labute approximate surface area is 145 Å². The number of benzene rings is 2. The van der Waals surface area contributed by atoms with Crippen LogP contribution < -0.4 is 10.0 Å². The van der Waals surface area contributed by atoms with Gasteiger partial charge in [-0.25, -0.2) is 21.9 Å². The van der Waals surface area contributed by atoms with Crippen LogP contribution in [0.1, 0.15) is 17.5 Å². The fraction of sp³-hybridized carbons (Fsp3) is 0.235. The molecule has 0 aromatic heterocycles. The summed E-state index contributed by atoms with van der Waals surface area (Å²) in [5.41, 5.74) is 1.65. The van der Waals surface area contributed by atoms with E-state index in [9.17, 15) is 22.0 Å². The van der Waals surface area contributed by atoms with Crippen molar-refractivity contribution in [2.24, 2.45) is 0 Å². The number of carbonyl (C=O) groups is 1. The van der Waals surface area contributed by atoms with E-state index in [0.29, 0.717) is 6.07 Å². The van der Waals surface area contributed by atoms with Crippen molar-refractivity contribution in [3.05, 3.63) is 59.2 Å². The van der Waals surface area contributed by atoms with E-state index < -0.39 is 27.6 Å². The van der Waals surface area contributed by atoms with Crippen molar-refractivity contribution in [2.45, 2.75) is 25.2 Å². The zero-order valence-corrected chi connectivity index (χ0v) is 14.6. The third-order valence-corrected chi connectivity index (χ3v) is 5.10. The Hall–Kier alpha value is -2.32. The summed E-state index contributed by atoms with van der Waals surface area (Å²) < 4.78 is 52.9. The lowest BCUT2D eigenvalue weighted by atomic mass is 10.1. The van der Waals surface area contributed by atoms with Gasteiger partial charge in [0.1, 0.15) is 11.6 Å². The topological polar surface area (TPSA) is 75.3 Å². The van der Waals surface area contributed by atoms with Crippen LogP contribution in [0.2, 0.25) is 0 Å². The average molecular weight is 368 g/mol. The van der Waals surface area contributed by atoms with Gasteiger partial charge in [-0.05, 0) is 49.2 Å². The predicted molar refractivity (Wildman–Crippen MR) is 90.7 cm³/mol. The fourth-order valence-corrected chi connectivity index (χ4v) is 3.18. The van der Waals surface area contributed by atoms with Crippen LogP contribution in [-0.2, 0) is 14.8 Å².